The largest absolute Gasteiger partial charge is 0.504 e. The van der Waals surface area contributed by atoms with Gasteiger partial charge in [0.2, 0.25) is 5.91 Å². The summed E-state index contributed by atoms with van der Waals surface area (Å²) in [5, 5.41) is 21.6. The molecule has 7 nitrogen and oxygen atoms in total. The summed E-state index contributed by atoms with van der Waals surface area (Å²) in [6, 6.07) is 7.17. The molecule has 1 saturated heterocycles. The predicted octanol–water partition coefficient (Wildman–Crippen LogP) is 2.64. The number of phenols is 2. The van der Waals surface area contributed by atoms with Crippen molar-refractivity contribution in [3.8, 4) is 11.5 Å². The van der Waals surface area contributed by atoms with Gasteiger partial charge in [0.1, 0.15) is 16.1 Å². The summed E-state index contributed by atoms with van der Waals surface area (Å²) in [6.45, 7) is 1.92. The highest BCUT2D eigenvalue weighted by Crippen LogP contribution is 2.34. The Hall–Kier alpha value is -2.78. The first kappa shape index (κ1) is 20.0. The maximum atomic E-state index is 12.6. The topological polar surface area (TPSA) is 103 Å². The van der Waals surface area contributed by atoms with E-state index in [4.69, 9.17) is 16.6 Å². The van der Waals surface area contributed by atoms with Gasteiger partial charge >= 0.3 is 0 Å². The second-order valence-electron chi connectivity index (χ2n) is 6.11. The third kappa shape index (κ3) is 4.37. The highest BCUT2D eigenvalue weighted by Gasteiger charge is 2.38. The lowest BCUT2D eigenvalue weighted by atomic mass is 10.1. The average Bonchev–Trinajstić information content (AvgIpc) is 3.26. The molecule has 1 aliphatic heterocycles. The molecule has 1 atom stereocenters. The van der Waals surface area contributed by atoms with E-state index in [-0.39, 0.29) is 23.3 Å². The van der Waals surface area contributed by atoms with E-state index < -0.39 is 6.04 Å². The van der Waals surface area contributed by atoms with Gasteiger partial charge in [0.25, 0.3) is 5.91 Å². The van der Waals surface area contributed by atoms with E-state index in [0.29, 0.717) is 28.0 Å². The zero-order valence-corrected chi connectivity index (χ0v) is 16.5. The molecule has 0 radical (unpaired) electrons. The van der Waals surface area contributed by atoms with Crippen molar-refractivity contribution in [1.29, 1.82) is 0 Å². The third-order valence-corrected chi connectivity index (χ3v) is 5.49. The van der Waals surface area contributed by atoms with Crippen LogP contribution in [0.25, 0.3) is 6.08 Å². The molecule has 0 aliphatic carbocycles. The number of nitrogens with zero attached hydrogens (tertiary/aromatic N) is 1. The molecule has 2 amide bonds. The van der Waals surface area contributed by atoms with Gasteiger partial charge < -0.3 is 19.9 Å². The number of rotatable bonds is 6. The van der Waals surface area contributed by atoms with Crippen molar-refractivity contribution >= 4 is 46.2 Å². The van der Waals surface area contributed by atoms with Crippen molar-refractivity contribution in [1.82, 2.24) is 10.2 Å². The van der Waals surface area contributed by atoms with Crippen LogP contribution in [0.2, 0.25) is 0 Å². The minimum atomic E-state index is -0.761. The van der Waals surface area contributed by atoms with Crippen molar-refractivity contribution in [2.75, 3.05) is 6.54 Å². The molecule has 0 unspecified atom stereocenters. The van der Waals surface area contributed by atoms with Gasteiger partial charge in [0.05, 0.1) is 11.2 Å². The number of phenolic OH excluding ortho intramolecular Hbond substituents is 2. The number of aromatic hydroxyl groups is 2. The molecule has 146 valence electrons. The van der Waals surface area contributed by atoms with Crippen LogP contribution in [0.1, 0.15) is 18.2 Å². The number of benzene rings is 1. The smallest absolute Gasteiger partial charge is 0.267 e. The van der Waals surface area contributed by atoms with Gasteiger partial charge in [0, 0.05) is 12.6 Å². The van der Waals surface area contributed by atoms with Gasteiger partial charge in [-0.05, 0) is 43.2 Å². The second-order valence-corrected chi connectivity index (χ2v) is 7.78. The molecule has 0 bridgehead atoms. The van der Waals surface area contributed by atoms with Crippen LogP contribution in [0.4, 0.5) is 0 Å². The van der Waals surface area contributed by atoms with Gasteiger partial charge in [-0.25, -0.2) is 0 Å². The van der Waals surface area contributed by atoms with Gasteiger partial charge in [-0.15, -0.1) is 0 Å². The van der Waals surface area contributed by atoms with Crippen LogP contribution in [0, 0.1) is 0 Å². The Kier molecular flexibility index (Phi) is 6.05. The molecule has 2 heterocycles. The fourth-order valence-corrected chi connectivity index (χ4v) is 4.03. The predicted molar refractivity (Wildman–Crippen MR) is 110 cm³/mol. The summed E-state index contributed by atoms with van der Waals surface area (Å²) in [7, 11) is 0. The molecule has 1 aromatic carbocycles. The zero-order valence-electron chi connectivity index (χ0n) is 14.9. The van der Waals surface area contributed by atoms with Crippen LogP contribution in [0.15, 0.2) is 45.9 Å². The molecule has 9 heteroatoms. The zero-order chi connectivity index (χ0) is 20.3. The lowest BCUT2D eigenvalue weighted by Gasteiger charge is -2.22. The second kappa shape index (κ2) is 8.49. The molecule has 3 rings (SSSR count). The van der Waals surface area contributed by atoms with Gasteiger partial charge in [-0.1, -0.05) is 30.0 Å². The number of thiocarbonyl (C=S) groups is 1. The minimum Gasteiger partial charge on any atom is -0.504 e. The first-order valence-corrected chi connectivity index (χ1v) is 9.68. The van der Waals surface area contributed by atoms with Crippen molar-refractivity contribution in [2.24, 2.45) is 0 Å². The number of furan rings is 1. The van der Waals surface area contributed by atoms with E-state index in [2.05, 4.69) is 5.32 Å². The Morgan fingerprint density at radius 3 is 2.82 bits per heavy atom. The Balaban J connectivity index is 1.58. The summed E-state index contributed by atoms with van der Waals surface area (Å²) >= 11 is 6.39. The Morgan fingerprint density at radius 2 is 2.14 bits per heavy atom. The van der Waals surface area contributed by atoms with E-state index in [1.54, 1.807) is 31.2 Å². The van der Waals surface area contributed by atoms with Crippen LogP contribution in [0.5, 0.6) is 11.5 Å². The van der Waals surface area contributed by atoms with Crippen molar-refractivity contribution < 1.29 is 24.2 Å². The number of thioether (sulfide) groups is 1. The molecule has 3 N–H and O–H groups in total. The SMILES string of the molecule is C[C@H](C(=O)NCCc1ccc(O)c(O)c1)N1C(=O)/C(=C\c2ccco2)SC1=S. The molecule has 0 spiro atoms. The van der Waals surface area contributed by atoms with Gasteiger partial charge in [-0.3, -0.25) is 14.5 Å². The molecule has 1 aliphatic rings. The number of hydrogen-bond donors (Lipinski definition) is 3. The lowest BCUT2D eigenvalue weighted by Crippen LogP contribution is -2.47. The number of carbonyl (C=O) groups is 2. The quantitative estimate of drug-likeness (QED) is 0.376. The molecule has 0 saturated carbocycles. The van der Waals surface area contributed by atoms with E-state index >= 15 is 0 Å². The summed E-state index contributed by atoms with van der Waals surface area (Å²) in [6.07, 6.45) is 3.57. The molecule has 28 heavy (non-hydrogen) atoms. The number of hydrogen-bond acceptors (Lipinski definition) is 7. The molecule has 2 aromatic rings. The maximum absolute atomic E-state index is 12.6. The Bertz CT molecular complexity index is 940. The van der Waals surface area contributed by atoms with Crippen molar-refractivity contribution in [2.45, 2.75) is 19.4 Å². The third-order valence-electron chi connectivity index (χ3n) is 4.16. The van der Waals surface area contributed by atoms with E-state index in [1.807, 2.05) is 0 Å². The van der Waals surface area contributed by atoms with E-state index in [0.717, 1.165) is 17.3 Å². The van der Waals surface area contributed by atoms with Crippen LogP contribution < -0.4 is 5.32 Å². The van der Waals surface area contributed by atoms with Crippen molar-refractivity contribution in [3.05, 3.63) is 52.8 Å². The Morgan fingerprint density at radius 1 is 1.36 bits per heavy atom. The van der Waals surface area contributed by atoms with Crippen LogP contribution in [0.3, 0.4) is 0 Å². The summed E-state index contributed by atoms with van der Waals surface area (Å²) in [5.41, 5.74) is 0.759. The normalized spacial score (nSPS) is 16.6. The molecular formula is C19H18N2O5S2. The average molecular weight is 418 g/mol. The van der Waals surface area contributed by atoms with Gasteiger partial charge in [-0.2, -0.15) is 0 Å². The van der Waals surface area contributed by atoms with Crippen molar-refractivity contribution in [3.63, 3.8) is 0 Å². The Labute approximate surface area is 171 Å². The highest BCUT2D eigenvalue weighted by atomic mass is 32.2. The maximum Gasteiger partial charge on any atom is 0.267 e. The summed E-state index contributed by atoms with van der Waals surface area (Å²) in [4.78, 5) is 26.8. The number of amides is 2. The van der Waals surface area contributed by atoms with Gasteiger partial charge in [0.15, 0.2) is 11.5 Å². The van der Waals surface area contributed by atoms with E-state index in [9.17, 15) is 19.8 Å². The van der Waals surface area contributed by atoms with Crippen LogP contribution in [-0.2, 0) is 16.0 Å². The first-order chi connectivity index (χ1) is 13.4. The standard InChI is InChI=1S/C19H18N2O5S2/c1-11(17(24)20-7-6-12-4-5-14(22)15(23)9-12)21-18(25)16(28-19(21)27)10-13-3-2-8-26-13/h2-5,8-11,22-23H,6-7H2,1H3,(H,20,24)/b16-10+/t11-/m1/s1. The van der Waals surface area contributed by atoms with Crippen LogP contribution in [-0.4, -0.2) is 43.8 Å². The lowest BCUT2D eigenvalue weighted by molar-refractivity contribution is -0.132. The van der Waals surface area contributed by atoms with Crippen LogP contribution >= 0.6 is 24.0 Å². The highest BCUT2D eigenvalue weighted by molar-refractivity contribution is 8.26. The fourth-order valence-electron chi connectivity index (χ4n) is 2.64. The summed E-state index contributed by atoms with van der Waals surface area (Å²) in [5.74, 6) is -0.540. The number of nitrogens with one attached hydrogen (secondary N) is 1. The van der Waals surface area contributed by atoms with E-state index in [1.165, 1.54) is 23.3 Å². The first-order valence-electron chi connectivity index (χ1n) is 8.46. The minimum absolute atomic E-state index is 0.196. The molecular weight excluding hydrogens is 400 g/mol. The monoisotopic (exact) mass is 418 g/mol. The molecule has 1 aromatic heterocycles. The molecule has 1 fully saturated rings. The fraction of sp³-hybridized carbons (Fsp3) is 0.211. The number of carbonyl (C=O) groups excluding carboxylic acids is 2. The summed E-state index contributed by atoms with van der Waals surface area (Å²) < 4.78 is 5.53.